The predicted molar refractivity (Wildman–Crippen MR) is 129 cm³/mol. The highest BCUT2D eigenvalue weighted by Gasteiger charge is 2.36. The normalized spacial score (nSPS) is 15.2. The molecule has 0 bridgehead atoms. The van der Waals surface area contributed by atoms with Gasteiger partial charge in [-0.05, 0) is 61.5 Å². The zero-order valence-corrected chi connectivity index (χ0v) is 19.2. The Bertz CT molecular complexity index is 1190. The molecule has 8 heteroatoms. The van der Waals surface area contributed by atoms with E-state index in [0.717, 1.165) is 11.3 Å². The van der Waals surface area contributed by atoms with Gasteiger partial charge < -0.3 is 19.7 Å². The molecule has 0 spiro atoms. The Labute approximate surface area is 202 Å². The first kappa shape index (κ1) is 23.3. The highest BCUT2D eigenvalue weighted by molar-refractivity contribution is 6.30. The second kappa shape index (κ2) is 10.4. The van der Waals surface area contributed by atoms with Crippen LogP contribution >= 0.6 is 11.6 Å². The number of hydrogen-bond acceptors (Lipinski definition) is 5. The zero-order chi connectivity index (χ0) is 24.1. The SMILES string of the molecule is Cc1ccc(Oc2ccc(N3C[C@H](C(=O)OCC(=O)Nc4cccc(Cl)c4)CC3=O)cc2)cc1. The van der Waals surface area contributed by atoms with Crippen molar-refractivity contribution in [2.75, 3.05) is 23.4 Å². The van der Waals surface area contributed by atoms with E-state index in [1.165, 1.54) is 4.90 Å². The fraction of sp³-hybridized carbons (Fsp3) is 0.192. The summed E-state index contributed by atoms with van der Waals surface area (Å²) in [6, 6.07) is 21.4. The molecule has 34 heavy (non-hydrogen) atoms. The molecule has 1 heterocycles. The van der Waals surface area contributed by atoms with Crippen LogP contribution in [0, 0.1) is 12.8 Å². The number of rotatable bonds is 7. The largest absolute Gasteiger partial charge is 0.457 e. The number of carbonyl (C=O) groups is 3. The molecule has 1 aliphatic heterocycles. The van der Waals surface area contributed by atoms with Crippen molar-refractivity contribution in [1.29, 1.82) is 0 Å². The minimum atomic E-state index is -0.644. The second-order valence-electron chi connectivity index (χ2n) is 7.98. The molecule has 1 saturated heterocycles. The fourth-order valence-corrected chi connectivity index (χ4v) is 3.76. The number of amides is 2. The molecule has 1 aliphatic rings. The van der Waals surface area contributed by atoms with Crippen LogP contribution in [0.1, 0.15) is 12.0 Å². The van der Waals surface area contributed by atoms with Crippen molar-refractivity contribution in [2.24, 2.45) is 5.92 Å². The summed E-state index contributed by atoms with van der Waals surface area (Å²) in [4.78, 5) is 38.5. The highest BCUT2D eigenvalue weighted by atomic mass is 35.5. The van der Waals surface area contributed by atoms with E-state index in [-0.39, 0.29) is 18.9 Å². The highest BCUT2D eigenvalue weighted by Crippen LogP contribution is 2.29. The molecule has 0 radical (unpaired) electrons. The van der Waals surface area contributed by atoms with Crippen LogP contribution in [0.5, 0.6) is 11.5 Å². The first-order valence-corrected chi connectivity index (χ1v) is 11.1. The van der Waals surface area contributed by atoms with Gasteiger partial charge in [-0.25, -0.2) is 0 Å². The van der Waals surface area contributed by atoms with E-state index >= 15 is 0 Å². The van der Waals surface area contributed by atoms with Gasteiger partial charge in [-0.3, -0.25) is 14.4 Å². The van der Waals surface area contributed by atoms with Crippen LogP contribution in [-0.2, 0) is 19.1 Å². The molecule has 4 rings (SSSR count). The van der Waals surface area contributed by atoms with Crippen molar-refractivity contribution in [3.05, 3.63) is 83.4 Å². The van der Waals surface area contributed by atoms with Gasteiger partial charge in [0.25, 0.3) is 5.91 Å². The van der Waals surface area contributed by atoms with Crippen molar-refractivity contribution >= 4 is 40.8 Å². The Morgan fingerprint density at radius 1 is 1.03 bits per heavy atom. The van der Waals surface area contributed by atoms with E-state index in [4.69, 9.17) is 21.1 Å². The van der Waals surface area contributed by atoms with Crippen LogP contribution < -0.4 is 15.0 Å². The second-order valence-corrected chi connectivity index (χ2v) is 8.42. The van der Waals surface area contributed by atoms with E-state index in [0.29, 0.717) is 22.1 Å². The summed E-state index contributed by atoms with van der Waals surface area (Å²) in [6.07, 6.45) is 0.0242. The average Bonchev–Trinajstić information content (AvgIpc) is 3.21. The fourth-order valence-electron chi connectivity index (χ4n) is 3.57. The number of carbonyl (C=O) groups excluding carboxylic acids is 3. The van der Waals surface area contributed by atoms with Crippen LogP contribution in [0.3, 0.4) is 0 Å². The Balaban J connectivity index is 1.29. The monoisotopic (exact) mass is 478 g/mol. The molecule has 2 amide bonds. The van der Waals surface area contributed by atoms with E-state index in [1.54, 1.807) is 48.5 Å². The lowest BCUT2D eigenvalue weighted by atomic mass is 10.1. The average molecular weight is 479 g/mol. The van der Waals surface area contributed by atoms with Gasteiger partial charge in [0.1, 0.15) is 11.5 Å². The van der Waals surface area contributed by atoms with Crippen LogP contribution in [0.15, 0.2) is 72.8 Å². The third-order valence-corrected chi connectivity index (χ3v) is 5.55. The molecular formula is C26H23ClN2O5. The number of hydrogen-bond donors (Lipinski definition) is 1. The molecule has 7 nitrogen and oxygen atoms in total. The molecule has 3 aromatic rings. The van der Waals surface area contributed by atoms with Crippen molar-refractivity contribution < 1.29 is 23.9 Å². The molecule has 0 unspecified atom stereocenters. The summed E-state index contributed by atoms with van der Waals surface area (Å²) in [6.45, 7) is 1.75. The van der Waals surface area contributed by atoms with Crippen molar-refractivity contribution in [1.82, 2.24) is 0 Å². The number of anilines is 2. The number of nitrogens with one attached hydrogen (secondary N) is 1. The van der Waals surface area contributed by atoms with Gasteiger partial charge in [0.05, 0.1) is 5.92 Å². The minimum absolute atomic E-state index is 0.0242. The molecule has 174 valence electrons. The molecule has 3 aromatic carbocycles. The van der Waals surface area contributed by atoms with Crippen molar-refractivity contribution in [2.45, 2.75) is 13.3 Å². The summed E-state index contributed by atoms with van der Waals surface area (Å²) in [7, 11) is 0. The van der Waals surface area contributed by atoms with Gasteiger partial charge >= 0.3 is 5.97 Å². The summed E-state index contributed by atoms with van der Waals surface area (Å²) in [5, 5.41) is 3.09. The van der Waals surface area contributed by atoms with Gasteiger partial charge in [0.15, 0.2) is 6.61 Å². The number of esters is 1. The number of benzene rings is 3. The molecular weight excluding hydrogens is 456 g/mol. The topological polar surface area (TPSA) is 84.9 Å². The Hall–Kier alpha value is -3.84. The summed E-state index contributed by atoms with van der Waals surface area (Å²) < 4.78 is 11.0. The first-order valence-electron chi connectivity index (χ1n) is 10.7. The summed E-state index contributed by atoms with van der Waals surface area (Å²) >= 11 is 5.89. The maximum absolute atomic E-state index is 12.5. The maximum Gasteiger partial charge on any atom is 0.311 e. The number of aryl methyl sites for hydroxylation is 1. The van der Waals surface area contributed by atoms with E-state index in [9.17, 15) is 14.4 Å². The van der Waals surface area contributed by atoms with Gasteiger partial charge in [0.2, 0.25) is 5.91 Å². The van der Waals surface area contributed by atoms with Crippen molar-refractivity contribution in [3.63, 3.8) is 0 Å². The van der Waals surface area contributed by atoms with E-state index in [2.05, 4.69) is 5.32 Å². The quantitative estimate of drug-likeness (QED) is 0.484. The number of ether oxygens (including phenoxy) is 2. The maximum atomic E-state index is 12.5. The number of halogens is 1. The van der Waals surface area contributed by atoms with E-state index < -0.39 is 24.4 Å². The lowest BCUT2D eigenvalue weighted by Gasteiger charge is -2.17. The summed E-state index contributed by atoms with van der Waals surface area (Å²) in [5.41, 5.74) is 2.31. The minimum Gasteiger partial charge on any atom is -0.457 e. The van der Waals surface area contributed by atoms with Crippen LogP contribution in [-0.4, -0.2) is 30.9 Å². The Morgan fingerprint density at radius 3 is 2.38 bits per heavy atom. The third kappa shape index (κ3) is 5.94. The van der Waals surface area contributed by atoms with Crippen LogP contribution in [0.4, 0.5) is 11.4 Å². The third-order valence-electron chi connectivity index (χ3n) is 5.32. The van der Waals surface area contributed by atoms with Crippen LogP contribution in [0.25, 0.3) is 0 Å². The Kier molecular flexibility index (Phi) is 7.13. The Morgan fingerprint density at radius 2 is 1.71 bits per heavy atom. The predicted octanol–water partition coefficient (Wildman–Crippen LogP) is 4.98. The van der Waals surface area contributed by atoms with Crippen LogP contribution in [0.2, 0.25) is 5.02 Å². The van der Waals surface area contributed by atoms with Gasteiger partial charge in [-0.1, -0.05) is 35.4 Å². The summed E-state index contributed by atoms with van der Waals surface area (Å²) in [5.74, 6) is -0.538. The zero-order valence-electron chi connectivity index (χ0n) is 18.5. The molecule has 0 saturated carbocycles. The lowest BCUT2D eigenvalue weighted by molar-refractivity contribution is -0.151. The molecule has 0 aromatic heterocycles. The standard InChI is InChI=1S/C26H23ClN2O5/c1-17-5-9-22(10-6-17)34-23-11-7-21(8-12-23)29-15-18(13-25(29)31)26(32)33-16-24(30)28-20-4-2-3-19(27)14-20/h2-12,14,18H,13,15-16H2,1H3,(H,28,30)/t18-/m1/s1. The molecule has 1 N–H and O–H groups in total. The van der Waals surface area contributed by atoms with Gasteiger partial charge in [-0.2, -0.15) is 0 Å². The number of nitrogens with zero attached hydrogens (tertiary/aromatic N) is 1. The molecule has 1 fully saturated rings. The molecule has 1 atom stereocenters. The lowest BCUT2D eigenvalue weighted by Crippen LogP contribution is -2.28. The van der Waals surface area contributed by atoms with Gasteiger partial charge in [0, 0.05) is 29.4 Å². The van der Waals surface area contributed by atoms with Crippen molar-refractivity contribution in [3.8, 4) is 11.5 Å². The molecule has 0 aliphatic carbocycles. The van der Waals surface area contributed by atoms with Gasteiger partial charge in [-0.15, -0.1) is 0 Å². The smallest absolute Gasteiger partial charge is 0.311 e. The van der Waals surface area contributed by atoms with E-state index in [1.807, 2.05) is 31.2 Å². The first-order chi connectivity index (χ1) is 16.4.